The SMILES string of the molecule is Cc1cc2c(-c3cc(C(C)(C)O)ccc3Oc3c(C)cc(F)cc3C)cn(C)c(=O)c2[nH]1. The minimum Gasteiger partial charge on any atom is -0.456 e. The first kappa shape index (κ1) is 21.8. The molecule has 0 radical (unpaired) electrons. The molecular formula is C26H27FN2O3. The Labute approximate surface area is 186 Å². The Morgan fingerprint density at radius 1 is 1.03 bits per heavy atom. The van der Waals surface area contributed by atoms with Gasteiger partial charge < -0.3 is 19.4 Å². The van der Waals surface area contributed by atoms with Crippen LogP contribution < -0.4 is 10.3 Å². The number of fused-ring (bicyclic) bond motifs is 1. The molecule has 2 N–H and O–H groups in total. The molecule has 4 rings (SSSR count). The number of halogens is 1. The third kappa shape index (κ3) is 3.82. The Hall–Kier alpha value is -3.38. The van der Waals surface area contributed by atoms with Crippen LogP contribution in [0.15, 0.2) is 47.4 Å². The van der Waals surface area contributed by atoms with E-state index in [1.54, 1.807) is 47.0 Å². The average molecular weight is 435 g/mol. The summed E-state index contributed by atoms with van der Waals surface area (Å²) in [6.07, 6.45) is 1.78. The summed E-state index contributed by atoms with van der Waals surface area (Å²) in [7, 11) is 1.70. The van der Waals surface area contributed by atoms with Crippen molar-refractivity contribution in [2.24, 2.45) is 7.05 Å². The predicted octanol–water partition coefficient (Wildman–Crippen LogP) is 5.62. The van der Waals surface area contributed by atoms with Crippen molar-refractivity contribution in [1.29, 1.82) is 0 Å². The molecule has 2 heterocycles. The number of aromatic amines is 1. The van der Waals surface area contributed by atoms with Gasteiger partial charge in [-0.1, -0.05) is 6.07 Å². The monoisotopic (exact) mass is 434 g/mol. The van der Waals surface area contributed by atoms with E-state index in [4.69, 9.17) is 4.74 Å². The molecule has 5 nitrogen and oxygen atoms in total. The number of nitrogens with zero attached hydrogens (tertiary/aromatic N) is 1. The highest BCUT2D eigenvalue weighted by Gasteiger charge is 2.22. The molecule has 2 aromatic carbocycles. The maximum atomic E-state index is 13.8. The summed E-state index contributed by atoms with van der Waals surface area (Å²) in [6.45, 7) is 8.95. The number of hydrogen-bond acceptors (Lipinski definition) is 3. The van der Waals surface area contributed by atoms with Gasteiger partial charge in [0.1, 0.15) is 22.8 Å². The number of H-pyrrole nitrogens is 1. The first-order valence-corrected chi connectivity index (χ1v) is 10.5. The van der Waals surface area contributed by atoms with Crippen LogP contribution in [0.3, 0.4) is 0 Å². The highest BCUT2D eigenvalue weighted by atomic mass is 19.1. The fourth-order valence-electron chi connectivity index (χ4n) is 4.06. The number of aryl methyl sites for hydroxylation is 4. The van der Waals surface area contributed by atoms with E-state index in [0.717, 1.165) is 22.2 Å². The lowest BCUT2D eigenvalue weighted by molar-refractivity contribution is 0.0786. The van der Waals surface area contributed by atoms with Gasteiger partial charge in [-0.15, -0.1) is 0 Å². The molecule has 0 bridgehead atoms. The van der Waals surface area contributed by atoms with Gasteiger partial charge in [0.15, 0.2) is 0 Å². The summed E-state index contributed by atoms with van der Waals surface area (Å²) in [4.78, 5) is 15.8. The lowest BCUT2D eigenvalue weighted by Gasteiger charge is -2.22. The molecular weight excluding hydrogens is 407 g/mol. The summed E-state index contributed by atoms with van der Waals surface area (Å²) in [5, 5.41) is 11.4. The minimum atomic E-state index is -1.07. The number of aliphatic hydroxyl groups is 1. The lowest BCUT2D eigenvalue weighted by atomic mass is 9.93. The van der Waals surface area contributed by atoms with E-state index in [1.165, 1.54) is 16.7 Å². The van der Waals surface area contributed by atoms with Gasteiger partial charge in [-0.3, -0.25) is 4.79 Å². The van der Waals surface area contributed by atoms with Crippen LogP contribution in [0.4, 0.5) is 4.39 Å². The Morgan fingerprint density at radius 3 is 2.31 bits per heavy atom. The summed E-state index contributed by atoms with van der Waals surface area (Å²) < 4.78 is 21.7. The molecule has 32 heavy (non-hydrogen) atoms. The van der Waals surface area contributed by atoms with Crippen molar-refractivity contribution >= 4 is 10.9 Å². The molecule has 0 amide bonds. The molecule has 166 valence electrons. The number of ether oxygens (including phenoxy) is 1. The zero-order chi connectivity index (χ0) is 23.4. The first-order chi connectivity index (χ1) is 15.0. The highest BCUT2D eigenvalue weighted by molar-refractivity contribution is 5.96. The molecule has 2 aromatic heterocycles. The number of aromatic nitrogens is 2. The third-order valence-electron chi connectivity index (χ3n) is 5.71. The van der Waals surface area contributed by atoms with Crippen LogP contribution >= 0.6 is 0 Å². The average Bonchev–Trinajstić information content (AvgIpc) is 3.08. The standard InChI is InChI=1S/C26H27FN2O3/c1-14-9-18(27)10-15(2)24(14)32-22-8-7-17(26(4,5)31)12-19(22)21-13-29(6)25(30)23-20(21)11-16(3)28-23/h7-13,28,31H,1-6H3. The predicted molar refractivity (Wildman–Crippen MR) is 125 cm³/mol. The second kappa shape index (κ2) is 7.64. The Bertz CT molecular complexity index is 1380. The molecule has 0 atom stereocenters. The van der Waals surface area contributed by atoms with E-state index in [9.17, 15) is 14.3 Å². The van der Waals surface area contributed by atoms with Gasteiger partial charge in [-0.25, -0.2) is 4.39 Å². The summed E-state index contributed by atoms with van der Waals surface area (Å²) in [5.74, 6) is 0.817. The maximum Gasteiger partial charge on any atom is 0.274 e. The Morgan fingerprint density at radius 2 is 1.69 bits per heavy atom. The van der Waals surface area contributed by atoms with Gasteiger partial charge in [0, 0.05) is 35.5 Å². The molecule has 0 saturated carbocycles. The normalized spacial score (nSPS) is 11.9. The van der Waals surface area contributed by atoms with Gasteiger partial charge in [0.25, 0.3) is 5.56 Å². The quantitative estimate of drug-likeness (QED) is 0.438. The van der Waals surface area contributed by atoms with E-state index in [-0.39, 0.29) is 11.4 Å². The van der Waals surface area contributed by atoms with Gasteiger partial charge in [-0.2, -0.15) is 0 Å². The van der Waals surface area contributed by atoms with E-state index in [2.05, 4.69) is 4.98 Å². The van der Waals surface area contributed by atoms with E-state index in [1.807, 2.05) is 25.1 Å². The molecule has 0 spiro atoms. The van der Waals surface area contributed by atoms with Crippen LogP contribution in [0.5, 0.6) is 11.5 Å². The van der Waals surface area contributed by atoms with Crippen molar-refractivity contribution in [1.82, 2.24) is 9.55 Å². The molecule has 0 aliphatic rings. The fourth-order valence-corrected chi connectivity index (χ4v) is 4.06. The topological polar surface area (TPSA) is 67.2 Å². The zero-order valence-corrected chi connectivity index (χ0v) is 19.1. The van der Waals surface area contributed by atoms with Crippen molar-refractivity contribution in [3.05, 3.63) is 81.2 Å². The number of nitrogens with one attached hydrogen (secondary N) is 1. The summed E-state index contributed by atoms with van der Waals surface area (Å²) in [6, 6.07) is 10.3. The summed E-state index contributed by atoms with van der Waals surface area (Å²) in [5.41, 5.74) is 3.79. The number of rotatable bonds is 4. The maximum absolute atomic E-state index is 13.8. The largest absolute Gasteiger partial charge is 0.456 e. The van der Waals surface area contributed by atoms with Crippen molar-refractivity contribution in [2.45, 2.75) is 40.2 Å². The van der Waals surface area contributed by atoms with Crippen molar-refractivity contribution in [3.63, 3.8) is 0 Å². The van der Waals surface area contributed by atoms with Crippen molar-refractivity contribution in [3.8, 4) is 22.6 Å². The smallest absolute Gasteiger partial charge is 0.274 e. The number of benzene rings is 2. The van der Waals surface area contributed by atoms with E-state index in [0.29, 0.717) is 33.7 Å². The van der Waals surface area contributed by atoms with Crippen LogP contribution in [-0.4, -0.2) is 14.7 Å². The minimum absolute atomic E-state index is 0.122. The van der Waals surface area contributed by atoms with Crippen molar-refractivity contribution in [2.75, 3.05) is 0 Å². The number of pyridine rings is 1. The third-order valence-corrected chi connectivity index (χ3v) is 5.71. The van der Waals surface area contributed by atoms with Crippen LogP contribution in [0.25, 0.3) is 22.0 Å². The van der Waals surface area contributed by atoms with Gasteiger partial charge in [-0.05, 0) is 81.6 Å². The number of hydrogen-bond donors (Lipinski definition) is 2. The molecule has 0 fully saturated rings. The van der Waals surface area contributed by atoms with Gasteiger partial charge in [0.2, 0.25) is 0 Å². The summed E-state index contributed by atoms with van der Waals surface area (Å²) >= 11 is 0. The highest BCUT2D eigenvalue weighted by Crippen LogP contribution is 2.40. The van der Waals surface area contributed by atoms with E-state index < -0.39 is 5.60 Å². The Balaban J connectivity index is 2.01. The zero-order valence-electron chi connectivity index (χ0n) is 19.1. The molecule has 0 aliphatic carbocycles. The molecule has 4 aromatic rings. The fraction of sp³-hybridized carbons (Fsp3) is 0.269. The van der Waals surface area contributed by atoms with E-state index >= 15 is 0 Å². The second-order valence-electron chi connectivity index (χ2n) is 8.94. The Kier molecular flexibility index (Phi) is 5.21. The molecule has 0 saturated heterocycles. The lowest BCUT2D eigenvalue weighted by Crippen LogP contribution is -2.17. The van der Waals surface area contributed by atoms with Gasteiger partial charge in [0.05, 0.1) is 5.60 Å². The molecule has 0 aliphatic heterocycles. The first-order valence-electron chi connectivity index (χ1n) is 10.5. The van der Waals surface area contributed by atoms with Crippen molar-refractivity contribution < 1.29 is 14.2 Å². The van der Waals surface area contributed by atoms with Crippen LogP contribution in [-0.2, 0) is 12.6 Å². The van der Waals surface area contributed by atoms with Crippen LogP contribution in [0.2, 0.25) is 0 Å². The molecule has 0 unspecified atom stereocenters. The van der Waals surface area contributed by atoms with Gasteiger partial charge >= 0.3 is 0 Å². The van der Waals surface area contributed by atoms with Crippen LogP contribution in [0, 0.1) is 26.6 Å². The van der Waals surface area contributed by atoms with Crippen LogP contribution in [0.1, 0.15) is 36.2 Å². The molecule has 6 heteroatoms. The second-order valence-corrected chi connectivity index (χ2v) is 8.94.